The normalized spacial score (nSPS) is 17.2. The van der Waals surface area contributed by atoms with Crippen LogP contribution in [0, 0.1) is 10.1 Å². The number of ketones is 1. The molecule has 0 saturated carbocycles. The highest BCUT2D eigenvalue weighted by atomic mass is 16.6. The van der Waals surface area contributed by atoms with Gasteiger partial charge in [-0.3, -0.25) is 19.9 Å². The van der Waals surface area contributed by atoms with Crippen molar-refractivity contribution in [1.29, 1.82) is 0 Å². The van der Waals surface area contributed by atoms with Gasteiger partial charge in [0.1, 0.15) is 0 Å². The lowest BCUT2D eigenvalue weighted by molar-refractivity contribution is -0.384. The Hall–Kier alpha value is -3.28. The first kappa shape index (κ1) is 17.5. The van der Waals surface area contributed by atoms with Crippen molar-refractivity contribution in [3.05, 3.63) is 87.6 Å². The summed E-state index contributed by atoms with van der Waals surface area (Å²) in [5.74, 6) is -0.0661. The van der Waals surface area contributed by atoms with E-state index in [2.05, 4.69) is 0 Å². The molecule has 0 aromatic heterocycles. The third-order valence-electron chi connectivity index (χ3n) is 4.26. The number of rotatable bonds is 5. The van der Waals surface area contributed by atoms with E-state index >= 15 is 0 Å². The maximum absolute atomic E-state index is 11.5. The van der Waals surface area contributed by atoms with E-state index in [-0.39, 0.29) is 17.5 Å². The molecule has 0 fully saturated rings. The predicted molar refractivity (Wildman–Crippen MR) is 99.7 cm³/mol. The lowest BCUT2D eigenvalue weighted by atomic mass is 9.98. The van der Waals surface area contributed by atoms with Gasteiger partial charge in [0.05, 0.1) is 16.7 Å². The lowest BCUT2D eigenvalue weighted by Crippen LogP contribution is -2.18. The highest BCUT2D eigenvalue weighted by Gasteiger charge is 2.30. The Morgan fingerprint density at radius 1 is 1.19 bits per heavy atom. The summed E-state index contributed by atoms with van der Waals surface area (Å²) in [7, 11) is 0. The minimum absolute atomic E-state index is 0.0452. The van der Waals surface area contributed by atoms with Crippen LogP contribution in [0.4, 0.5) is 5.69 Å². The van der Waals surface area contributed by atoms with Gasteiger partial charge in [0.25, 0.3) is 5.69 Å². The number of nitro groups is 1. The Morgan fingerprint density at radius 2 is 1.92 bits per heavy atom. The molecule has 0 amide bonds. The molecule has 6 nitrogen and oxygen atoms in total. The summed E-state index contributed by atoms with van der Waals surface area (Å²) in [5.41, 5.74) is 3.44. The molecule has 1 heterocycles. The largest absolute Gasteiger partial charge is 0.295 e. The van der Waals surface area contributed by atoms with Gasteiger partial charge in [-0.05, 0) is 25.0 Å². The van der Waals surface area contributed by atoms with Crippen LogP contribution in [-0.2, 0) is 4.79 Å². The maximum atomic E-state index is 11.5. The van der Waals surface area contributed by atoms with Crippen LogP contribution in [0.3, 0.4) is 0 Å². The summed E-state index contributed by atoms with van der Waals surface area (Å²) in [4.78, 5) is 22.2. The average molecular weight is 349 g/mol. The lowest BCUT2D eigenvalue weighted by Gasteiger charge is -2.24. The molecule has 26 heavy (non-hydrogen) atoms. The first-order valence-electron chi connectivity index (χ1n) is 8.31. The van der Waals surface area contributed by atoms with Crippen LogP contribution in [-0.4, -0.2) is 21.4 Å². The second-order valence-electron chi connectivity index (χ2n) is 6.23. The zero-order valence-electron chi connectivity index (χ0n) is 14.6. The van der Waals surface area contributed by atoms with Gasteiger partial charge in [-0.15, -0.1) is 0 Å². The number of hydrogen-bond donors (Lipinski definition) is 0. The third-order valence-corrected chi connectivity index (χ3v) is 4.26. The molecule has 1 atom stereocenters. The van der Waals surface area contributed by atoms with Crippen molar-refractivity contribution >= 4 is 17.2 Å². The van der Waals surface area contributed by atoms with Crippen molar-refractivity contribution in [3.63, 3.8) is 0 Å². The number of carbonyl (C=O) groups excluding carboxylic acids is 1. The van der Waals surface area contributed by atoms with E-state index in [0.717, 1.165) is 16.8 Å². The van der Waals surface area contributed by atoms with Crippen molar-refractivity contribution in [2.45, 2.75) is 26.3 Å². The molecular weight excluding hydrogens is 330 g/mol. The maximum Gasteiger partial charge on any atom is 0.269 e. The molecule has 3 rings (SSSR count). The van der Waals surface area contributed by atoms with E-state index in [1.54, 1.807) is 17.1 Å². The van der Waals surface area contributed by atoms with Gasteiger partial charge in [0.2, 0.25) is 0 Å². The molecule has 0 bridgehead atoms. The van der Waals surface area contributed by atoms with Gasteiger partial charge in [-0.1, -0.05) is 42.5 Å². The zero-order chi connectivity index (χ0) is 18.7. The van der Waals surface area contributed by atoms with E-state index in [0.29, 0.717) is 12.1 Å². The molecular formula is C20H19N3O3. The molecule has 0 aliphatic carbocycles. The van der Waals surface area contributed by atoms with Crippen molar-refractivity contribution in [1.82, 2.24) is 5.01 Å². The molecule has 132 valence electrons. The quantitative estimate of drug-likeness (QED) is 0.460. The minimum Gasteiger partial charge on any atom is -0.295 e. The Balaban J connectivity index is 2.02. The van der Waals surface area contributed by atoms with E-state index in [1.165, 1.54) is 19.1 Å². The Kier molecular flexibility index (Phi) is 4.93. The van der Waals surface area contributed by atoms with E-state index in [9.17, 15) is 14.9 Å². The fourth-order valence-electron chi connectivity index (χ4n) is 3.11. The fraction of sp³-hybridized carbons (Fsp3) is 0.200. The highest BCUT2D eigenvalue weighted by molar-refractivity contribution is 6.02. The molecule has 0 saturated heterocycles. The van der Waals surface area contributed by atoms with Crippen LogP contribution in [0.5, 0.6) is 0 Å². The summed E-state index contributed by atoms with van der Waals surface area (Å²) in [6.45, 7) is 3.31. The van der Waals surface area contributed by atoms with E-state index < -0.39 is 4.92 Å². The van der Waals surface area contributed by atoms with Crippen LogP contribution < -0.4 is 0 Å². The summed E-state index contributed by atoms with van der Waals surface area (Å²) in [6.07, 6.45) is 2.13. The van der Waals surface area contributed by atoms with Gasteiger partial charge >= 0.3 is 0 Å². The monoisotopic (exact) mass is 349 g/mol. The van der Waals surface area contributed by atoms with Crippen molar-refractivity contribution in [2.24, 2.45) is 5.10 Å². The number of allylic oxidation sites excluding steroid dienone is 2. The summed E-state index contributed by atoms with van der Waals surface area (Å²) >= 11 is 0. The Labute approximate surface area is 151 Å². The number of benzene rings is 2. The molecule has 1 aliphatic rings. The Morgan fingerprint density at radius 3 is 2.58 bits per heavy atom. The summed E-state index contributed by atoms with van der Waals surface area (Å²) < 4.78 is 0. The fourth-order valence-corrected chi connectivity index (χ4v) is 3.11. The van der Waals surface area contributed by atoms with Crippen molar-refractivity contribution in [3.8, 4) is 0 Å². The number of nitrogens with zero attached hydrogens (tertiary/aromatic N) is 3. The number of nitro benzene ring substituents is 1. The van der Waals surface area contributed by atoms with Gasteiger partial charge in [-0.2, -0.15) is 5.10 Å². The number of non-ortho nitro benzene ring substituents is 1. The highest BCUT2D eigenvalue weighted by Crippen LogP contribution is 2.36. The smallest absolute Gasteiger partial charge is 0.269 e. The summed E-state index contributed by atoms with van der Waals surface area (Å²) in [6, 6.07) is 16.2. The topological polar surface area (TPSA) is 75.8 Å². The average Bonchev–Trinajstić information content (AvgIpc) is 3.07. The van der Waals surface area contributed by atoms with Gasteiger partial charge in [-0.25, -0.2) is 0 Å². The molecule has 0 unspecified atom stereocenters. The molecule has 2 aromatic rings. The first-order chi connectivity index (χ1) is 12.5. The van der Waals surface area contributed by atoms with Crippen LogP contribution >= 0.6 is 0 Å². The van der Waals surface area contributed by atoms with Gasteiger partial charge in [0, 0.05) is 30.3 Å². The van der Waals surface area contributed by atoms with Crippen LogP contribution in [0.15, 0.2) is 71.5 Å². The molecule has 6 heteroatoms. The van der Waals surface area contributed by atoms with Crippen molar-refractivity contribution in [2.75, 3.05) is 0 Å². The second kappa shape index (κ2) is 7.31. The van der Waals surface area contributed by atoms with Crippen molar-refractivity contribution < 1.29 is 9.72 Å². The van der Waals surface area contributed by atoms with Crippen LogP contribution in [0.1, 0.15) is 37.4 Å². The van der Waals surface area contributed by atoms with E-state index in [1.807, 2.05) is 43.3 Å². The number of hydrazone groups is 1. The van der Waals surface area contributed by atoms with Crippen LogP contribution in [0.25, 0.3) is 0 Å². The SMILES string of the molecule is CC(=O)/C=C(\C)N1N=C(c2ccccc2)C[C@H]1c1cccc([N+](=O)[O-])c1. The second-order valence-corrected chi connectivity index (χ2v) is 6.23. The molecule has 2 aromatic carbocycles. The molecule has 0 radical (unpaired) electrons. The van der Waals surface area contributed by atoms with Gasteiger partial charge in [0.15, 0.2) is 5.78 Å². The zero-order valence-corrected chi connectivity index (χ0v) is 14.6. The molecule has 0 spiro atoms. The summed E-state index contributed by atoms with van der Waals surface area (Å²) in [5, 5.41) is 17.6. The Bertz CT molecular complexity index is 904. The van der Waals surface area contributed by atoms with E-state index in [4.69, 9.17) is 5.10 Å². The predicted octanol–water partition coefficient (Wildman–Crippen LogP) is 4.24. The molecule has 0 N–H and O–H groups in total. The third kappa shape index (κ3) is 3.69. The van der Waals surface area contributed by atoms with Crippen LogP contribution in [0.2, 0.25) is 0 Å². The number of carbonyl (C=O) groups is 1. The number of hydrogen-bond acceptors (Lipinski definition) is 5. The molecule has 1 aliphatic heterocycles. The first-order valence-corrected chi connectivity index (χ1v) is 8.31. The minimum atomic E-state index is -0.403. The van der Waals surface area contributed by atoms with Gasteiger partial charge < -0.3 is 0 Å². The standard InChI is InChI=1S/C20H19N3O3/c1-14(11-15(2)24)22-20(17-9-6-10-18(12-17)23(25)26)13-19(21-22)16-7-4-3-5-8-16/h3-12,20H,13H2,1-2H3/b14-11+/t20-/m0/s1.